The van der Waals surface area contributed by atoms with Gasteiger partial charge in [0.25, 0.3) is 5.56 Å². The number of hydrogen-bond donors (Lipinski definition) is 1. The van der Waals surface area contributed by atoms with Crippen LogP contribution in [0, 0.1) is 13.8 Å². The summed E-state index contributed by atoms with van der Waals surface area (Å²) in [6, 6.07) is 7.27. The number of carbonyl (C=O) groups excluding carboxylic acids is 2. The van der Waals surface area contributed by atoms with Crippen molar-refractivity contribution in [2.24, 2.45) is 0 Å². The van der Waals surface area contributed by atoms with Crippen LogP contribution in [-0.4, -0.2) is 62.0 Å². The van der Waals surface area contributed by atoms with Gasteiger partial charge in [-0.1, -0.05) is 23.9 Å². The van der Waals surface area contributed by atoms with Crippen molar-refractivity contribution in [3.05, 3.63) is 57.1 Å². The molecule has 0 aliphatic carbocycles. The Bertz CT molecular complexity index is 1490. The Morgan fingerprint density at radius 2 is 1.91 bits per heavy atom. The number of aryl methyl sites for hydroxylation is 2. The first kappa shape index (κ1) is 24.7. The van der Waals surface area contributed by atoms with Gasteiger partial charge in [0, 0.05) is 26.0 Å². The Balaban J connectivity index is 1.74. The van der Waals surface area contributed by atoms with Crippen LogP contribution in [0.4, 0.5) is 0 Å². The summed E-state index contributed by atoms with van der Waals surface area (Å²) in [5, 5.41) is 9.11. The Kier molecular flexibility index (Phi) is 7.08. The first-order valence-electron chi connectivity index (χ1n) is 11.1. The fourth-order valence-corrected chi connectivity index (χ4v) is 5.11. The summed E-state index contributed by atoms with van der Waals surface area (Å²) >= 11 is 1.24. The molecule has 0 bridgehead atoms. The standard InChI is InChI=1S/C24H27N5O5S/c1-13-18(22(32)34-5)14(2)25-19(13)20(30)15(3)35-24-27-26-23-28(11-8-12-33-4)21(31)16-9-6-7-10-17(16)29(23)24/h6-7,9-10,15,25H,8,11-12H2,1-5H3. The van der Waals surface area contributed by atoms with E-state index < -0.39 is 11.2 Å². The van der Waals surface area contributed by atoms with Crippen LogP contribution in [0.15, 0.2) is 34.2 Å². The molecule has 4 rings (SSSR count). The molecule has 1 unspecified atom stereocenters. The lowest BCUT2D eigenvalue weighted by molar-refractivity contribution is 0.0599. The number of rotatable bonds is 9. The van der Waals surface area contributed by atoms with Gasteiger partial charge in [0.2, 0.25) is 5.78 Å². The van der Waals surface area contributed by atoms with Crippen LogP contribution in [-0.2, 0) is 16.0 Å². The number of benzene rings is 1. The van der Waals surface area contributed by atoms with Crippen molar-refractivity contribution in [3.63, 3.8) is 0 Å². The number of aromatic amines is 1. The number of para-hydroxylation sites is 1. The van der Waals surface area contributed by atoms with Crippen molar-refractivity contribution in [3.8, 4) is 0 Å². The number of esters is 1. The smallest absolute Gasteiger partial charge is 0.339 e. The lowest BCUT2D eigenvalue weighted by Gasteiger charge is -2.12. The normalized spacial score (nSPS) is 12.4. The van der Waals surface area contributed by atoms with Gasteiger partial charge in [-0.05, 0) is 44.9 Å². The average molecular weight is 498 g/mol. The van der Waals surface area contributed by atoms with E-state index in [0.29, 0.717) is 63.9 Å². The monoisotopic (exact) mass is 497 g/mol. The van der Waals surface area contributed by atoms with Gasteiger partial charge in [-0.25, -0.2) is 4.79 Å². The SMILES string of the molecule is COCCCn1c(=O)c2ccccc2n2c(SC(C)C(=O)c3[nH]c(C)c(C(=O)OC)c3C)nnc12. The minimum Gasteiger partial charge on any atom is -0.465 e. The van der Waals surface area contributed by atoms with Crippen LogP contribution < -0.4 is 5.56 Å². The molecular weight excluding hydrogens is 470 g/mol. The summed E-state index contributed by atoms with van der Waals surface area (Å²) in [4.78, 5) is 41.6. The molecule has 0 spiro atoms. The zero-order valence-corrected chi connectivity index (χ0v) is 21.1. The van der Waals surface area contributed by atoms with Gasteiger partial charge in [-0.2, -0.15) is 0 Å². The van der Waals surface area contributed by atoms with Crippen molar-refractivity contribution in [2.75, 3.05) is 20.8 Å². The highest BCUT2D eigenvalue weighted by Crippen LogP contribution is 2.29. The lowest BCUT2D eigenvalue weighted by atomic mass is 10.1. The van der Waals surface area contributed by atoms with Gasteiger partial charge in [0.1, 0.15) is 0 Å². The highest BCUT2D eigenvalue weighted by molar-refractivity contribution is 8.00. The lowest BCUT2D eigenvalue weighted by Crippen LogP contribution is -2.24. The van der Waals surface area contributed by atoms with Crippen LogP contribution in [0.5, 0.6) is 0 Å². The number of Topliss-reactive ketones (excluding diaryl/α,β-unsaturated/α-hetero) is 1. The van der Waals surface area contributed by atoms with Gasteiger partial charge >= 0.3 is 5.97 Å². The fraction of sp³-hybridized carbons (Fsp3) is 0.375. The second-order valence-corrected chi connectivity index (χ2v) is 9.49. The highest BCUT2D eigenvalue weighted by atomic mass is 32.2. The quantitative estimate of drug-likeness (QED) is 0.162. The summed E-state index contributed by atoms with van der Waals surface area (Å²) in [6.45, 7) is 6.16. The maximum Gasteiger partial charge on any atom is 0.339 e. The van der Waals surface area contributed by atoms with E-state index in [-0.39, 0.29) is 11.3 Å². The molecular formula is C24H27N5O5S. The van der Waals surface area contributed by atoms with Crippen LogP contribution in [0.25, 0.3) is 16.7 Å². The third kappa shape index (κ3) is 4.37. The number of H-pyrrole nitrogens is 1. The number of hydrogen-bond acceptors (Lipinski definition) is 8. The molecule has 1 N–H and O–H groups in total. The number of ether oxygens (including phenoxy) is 2. The second-order valence-electron chi connectivity index (χ2n) is 8.18. The molecule has 35 heavy (non-hydrogen) atoms. The number of carbonyl (C=O) groups is 2. The minimum absolute atomic E-state index is 0.148. The van der Waals surface area contributed by atoms with Gasteiger partial charge in [-0.15, -0.1) is 10.2 Å². The number of methoxy groups -OCH3 is 2. The van der Waals surface area contributed by atoms with E-state index >= 15 is 0 Å². The fourth-order valence-electron chi connectivity index (χ4n) is 4.20. The van der Waals surface area contributed by atoms with E-state index in [9.17, 15) is 14.4 Å². The molecule has 0 aliphatic rings. The van der Waals surface area contributed by atoms with Crippen molar-refractivity contribution >= 4 is 40.2 Å². The molecule has 3 heterocycles. The van der Waals surface area contributed by atoms with Gasteiger partial charge in [0.15, 0.2) is 10.9 Å². The molecule has 1 atom stereocenters. The minimum atomic E-state index is -0.544. The predicted octanol–water partition coefficient (Wildman–Crippen LogP) is 3.18. The molecule has 0 amide bonds. The Labute approximate surface area is 205 Å². The summed E-state index contributed by atoms with van der Waals surface area (Å²) in [7, 11) is 2.92. The number of nitrogens with zero attached hydrogens (tertiary/aromatic N) is 4. The highest BCUT2D eigenvalue weighted by Gasteiger charge is 2.27. The maximum atomic E-state index is 13.3. The third-order valence-corrected chi connectivity index (χ3v) is 6.98. The second kappa shape index (κ2) is 10.0. The Morgan fingerprint density at radius 3 is 2.63 bits per heavy atom. The number of fused-ring (bicyclic) bond motifs is 3. The van der Waals surface area contributed by atoms with E-state index in [1.54, 1.807) is 38.5 Å². The molecule has 10 nitrogen and oxygen atoms in total. The predicted molar refractivity (Wildman–Crippen MR) is 133 cm³/mol. The van der Waals surface area contributed by atoms with Gasteiger partial charge in [0.05, 0.1) is 34.5 Å². The van der Waals surface area contributed by atoms with E-state index in [1.807, 2.05) is 22.6 Å². The van der Waals surface area contributed by atoms with Gasteiger partial charge in [-0.3, -0.25) is 18.6 Å². The molecule has 4 aromatic rings. The largest absolute Gasteiger partial charge is 0.465 e. The Hall–Kier alpha value is -3.44. The molecule has 0 saturated heterocycles. The summed E-state index contributed by atoms with van der Waals surface area (Å²) in [6.07, 6.45) is 0.641. The van der Waals surface area contributed by atoms with Crippen molar-refractivity contribution in [1.29, 1.82) is 0 Å². The van der Waals surface area contributed by atoms with Crippen LogP contribution in [0.3, 0.4) is 0 Å². The molecule has 184 valence electrons. The summed E-state index contributed by atoms with van der Waals surface area (Å²) in [5.74, 6) is -0.260. The molecule has 0 saturated carbocycles. The average Bonchev–Trinajstić information content (AvgIpc) is 3.40. The van der Waals surface area contributed by atoms with E-state index in [2.05, 4.69) is 15.2 Å². The number of thioether (sulfide) groups is 1. The number of ketones is 1. The number of aromatic nitrogens is 5. The summed E-state index contributed by atoms with van der Waals surface area (Å²) < 4.78 is 13.4. The first-order valence-corrected chi connectivity index (χ1v) is 12.0. The van der Waals surface area contributed by atoms with E-state index in [1.165, 1.54) is 18.9 Å². The Morgan fingerprint density at radius 1 is 1.17 bits per heavy atom. The van der Waals surface area contributed by atoms with Crippen molar-refractivity contribution in [2.45, 2.75) is 44.1 Å². The molecule has 1 aromatic carbocycles. The molecule has 11 heteroatoms. The van der Waals surface area contributed by atoms with Crippen molar-refractivity contribution in [1.82, 2.24) is 24.1 Å². The topological polar surface area (TPSA) is 121 Å². The van der Waals surface area contributed by atoms with Crippen LogP contribution in [0.2, 0.25) is 0 Å². The van der Waals surface area contributed by atoms with Crippen molar-refractivity contribution < 1.29 is 19.1 Å². The van der Waals surface area contributed by atoms with Crippen LogP contribution >= 0.6 is 11.8 Å². The van der Waals surface area contributed by atoms with E-state index in [0.717, 1.165) is 0 Å². The zero-order chi connectivity index (χ0) is 25.3. The third-order valence-electron chi connectivity index (χ3n) is 5.93. The molecule has 0 fully saturated rings. The molecule has 3 aromatic heterocycles. The first-order chi connectivity index (χ1) is 16.8. The van der Waals surface area contributed by atoms with Gasteiger partial charge < -0.3 is 14.5 Å². The summed E-state index contributed by atoms with van der Waals surface area (Å²) in [5.41, 5.74) is 2.38. The van der Waals surface area contributed by atoms with Crippen LogP contribution in [0.1, 0.15) is 45.4 Å². The number of nitrogens with one attached hydrogen (secondary N) is 1. The van der Waals surface area contributed by atoms with E-state index in [4.69, 9.17) is 9.47 Å². The zero-order valence-electron chi connectivity index (χ0n) is 20.2. The maximum absolute atomic E-state index is 13.3. The molecule has 0 aliphatic heterocycles. The molecule has 0 radical (unpaired) electrons.